The highest BCUT2D eigenvalue weighted by Gasteiger charge is 2.53. The summed E-state index contributed by atoms with van der Waals surface area (Å²) >= 11 is 0. The highest BCUT2D eigenvalue weighted by molar-refractivity contribution is 5.91. The van der Waals surface area contributed by atoms with Gasteiger partial charge in [-0.2, -0.15) is 39.5 Å². The van der Waals surface area contributed by atoms with Gasteiger partial charge in [-0.3, -0.25) is 9.80 Å². The molecule has 1 aliphatic rings. The Balaban J connectivity index is 2.46. The van der Waals surface area contributed by atoms with E-state index in [2.05, 4.69) is 0 Å². The Morgan fingerprint density at radius 1 is 0.667 bits per heavy atom. The molecule has 1 heterocycles. The molecule has 54 heavy (non-hydrogen) atoms. The number of benzene rings is 2. The van der Waals surface area contributed by atoms with Gasteiger partial charge in [-0.05, 0) is 99.4 Å². The van der Waals surface area contributed by atoms with Crippen molar-refractivity contribution in [2.45, 2.75) is 145 Å². The van der Waals surface area contributed by atoms with E-state index >= 15 is 0 Å². The maximum absolute atomic E-state index is 14.4. The zero-order valence-electron chi connectivity index (χ0n) is 33.0. The number of hydrogen-bond donors (Lipinski definition) is 0. The molecule has 2 aromatic carbocycles. The van der Waals surface area contributed by atoms with Gasteiger partial charge in [0, 0.05) is 18.0 Å². The molecule has 0 aromatic heterocycles. The van der Waals surface area contributed by atoms with Gasteiger partial charge in [-0.25, -0.2) is 9.59 Å². The Labute approximate surface area is 311 Å². The van der Waals surface area contributed by atoms with Gasteiger partial charge in [0.2, 0.25) is 0 Å². The maximum Gasteiger partial charge on any atom is 0.416 e. The van der Waals surface area contributed by atoms with Crippen molar-refractivity contribution >= 4 is 17.9 Å². The molecule has 1 aliphatic heterocycles. The summed E-state index contributed by atoms with van der Waals surface area (Å²) < 4.78 is 138. The van der Waals surface area contributed by atoms with Gasteiger partial charge in [0.15, 0.2) is 0 Å². The normalized spacial score (nSPS) is 17.9. The Hall–Kier alpha value is -3.65. The van der Waals surface area contributed by atoms with Crippen LogP contribution in [0.1, 0.15) is 130 Å². The molecule has 0 spiro atoms. The molecule has 0 fully saturated rings. The van der Waals surface area contributed by atoms with Crippen LogP contribution in [0, 0.1) is 16.2 Å². The fraction of sp³-hybridized carbons (Fsp3) is 0.641. The zero-order valence-corrected chi connectivity index (χ0v) is 33.0. The van der Waals surface area contributed by atoms with Crippen molar-refractivity contribution in [3.63, 3.8) is 0 Å². The Morgan fingerprint density at radius 2 is 1.15 bits per heavy atom. The predicted molar refractivity (Wildman–Crippen MR) is 187 cm³/mol. The second-order valence-electron chi connectivity index (χ2n) is 18.0. The molecule has 0 aliphatic carbocycles. The van der Waals surface area contributed by atoms with Gasteiger partial charge in [0.25, 0.3) is 0 Å². The van der Waals surface area contributed by atoms with Crippen LogP contribution in [-0.4, -0.2) is 34.3 Å². The minimum absolute atomic E-state index is 0.0583. The summed E-state index contributed by atoms with van der Waals surface area (Å²) in [6.07, 6.45) is -17.7. The summed E-state index contributed by atoms with van der Waals surface area (Å²) in [5.74, 6) is 0. The van der Waals surface area contributed by atoms with Crippen molar-refractivity contribution in [3.8, 4) is 0 Å². The second kappa shape index (κ2) is 14.1. The second-order valence-corrected chi connectivity index (χ2v) is 18.0. The third-order valence-electron chi connectivity index (χ3n) is 10.8. The minimum atomic E-state index is -5.21. The molecule has 0 bridgehead atoms. The van der Waals surface area contributed by atoms with Gasteiger partial charge >= 0.3 is 30.7 Å². The molecule has 304 valence electrons. The molecule has 0 unspecified atom stereocenters. The topological polar surface area (TPSA) is 59.1 Å². The van der Waals surface area contributed by atoms with Crippen molar-refractivity contribution in [3.05, 3.63) is 64.2 Å². The van der Waals surface area contributed by atoms with E-state index < -0.39 is 99.0 Å². The lowest BCUT2D eigenvalue weighted by Crippen LogP contribution is -2.59. The van der Waals surface area contributed by atoms with Gasteiger partial charge < -0.3 is 9.47 Å². The van der Waals surface area contributed by atoms with Crippen LogP contribution < -0.4 is 4.90 Å². The number of amides is 2. The lowest BCUT2D eigenvalue weighted by molar-refractivity contribution is -0.143. The zero-order chi connectivity index (χ0) is 42.0. The number of carbonyl (C=O) groups excluding carboxylic acids is 2. The van der Waals surface area contributed by atoms with Crippen molar-refractivity contribution in [2.24, 2.45) is 16.2 Å². The van der Waals surface area contributed by atoms with Crippen LogP contribution in [0.4, 0.5) is 54.8 Å². The van der Waals surface area contributed by atoms with Crippen molar-refractivity contribution in [1.29, 1.82) is 0 Å². The number of alkyl halides is 9. The Kier molecular flexibility index (Phi) is 11.7. The molecule has 6 nitrogen and oxygen atoms in total. The summed E-state index contributed by atoms with van der Waals surface area (Å²) in [5, 5.41) is 0. The monoisotopic (exact) mass is 782 g/mol. The average Bonchev–Trinajstić information content (AvgIpc) is 2.95. The lowest BCUT2D eigenvalue weighted by Gasteiger charge is -2.54. The van der Waals surface area contributed by atoms with Crippen LogP contribution in [0.25, 0.3) is 0 Å². The SMILES string of the molecule is CC(C)(C)OC(=O)N(Cc1cc(C(F)(F)F)cc(C(F)(F)F)c1)[C@H]1C[C@@H](C(C)(C)C(C)(C)C)N(C(=O)OC(C)(C)C(C)(C)C)c2ccc(C(F)(F)F)cc21. The Bertz CT molecular complexity index is 1670. The summed E-state index contributed by atoms with van der Waals surface area (Å²) in [6, 6.07) is 1.02. The number of halogens is 9. The molecule has 15 heteroatoms. The number of nitrogens with zero attached hydrogens (tertiary/aromatic N) is 2. The number of hydrogen-bond acceptors (Lipinski definition) is 4. The van der Waals surface area contributed by atoms with Crippen LogP contribution in [0.3, 0.4) is 0 Å². The maximum atomic E-state index is 14.4. The van der Waals surface area contributed by atoms with E-state index in [1.807, 2.05) is 55.4 Å². The van der Waals surface area contributed by atoms with Gasteiger partial charge in [-0.1, -0.05) is 55.4 Å². The highest BCUT2D eigenvalue weighted by Crippen LogP contribution is 2.53. The number of anilines is 1. The van der Waals surface area contributed by atoms with E-state index in [0.717, 1.165) is 23.1 Å². The van der Waals surface area contributed by atoms with Crippen LogP contribution in [0.15, 0.2) is 36.4 Å². The first-order valence-corrected chi connectivity index (χ1v) is 17.4. The van der Waals surface area contributed by atoms with Gasteiger partial charge in [0.1, 0.15) is 11.2 Å². The largest absolute Gasteiger partial charge is 0.444 e. The van der Waals surface area contributed by atoms with Crippen LogP contribution in [-0.2, 0) is 34.5 Å². The summed E-state index contributed by atoms with van der Waals surface area (Å²) in [5.41, 5.74) is -9.86. The number of ether oxygens (including phenoxy) is 2. The fourth-order valence-corrected chi connectivity index (χ4v) is 5.82. The predicted octanol–water partition coefficient (Wildman–Crippen LogP) is 12.8. The summed E-state index contributed by atoms with van der Waals surface area (Å²) in [4.78, 5) is 30.6. The van der Waals surface area contributed by atoms with Crippen LogP contribution in [0.5, 0.6) is 0 Å². The van der Waals surface area contributed by atoms with E-state index in [0.29, 0.717) is 12.1 Å². The smallest absolute Gasteiger partial charge is 0.416 e. The number of rotatable bonds is 5. The molecular formula is C39H51F9N2O4. The first-order valence-electron chi connectivity index (χ1n) is 17.4. The van der Waals surface area contributed by atoms with Gasteiger partial charge in [0.05, 0.1) is 28.4 Å². The van der Waals surface area contributed by atoms with E-state index in [1.165, 1.54) is 25.7 Å². The lowest BCUT2D eigenvalue weighted by atomic mass is 9.62. The summed E-state index contributed by atoms with van der Waals surface area (Å²) in [7, 11) is 0. The quantitative estimate of drug-likeness (QED) is 0.284. The van der Waals surface area contributed by atoms with E-state index in [4.69, 9.17) is 9.47 Å². The average molecular weight is 783 g/mol. The van der Waals surface area contributed by atoms with Crippen molar-refractivity contribution < 1.29 is 58.6 Å². The summed E-state index contributed by atoms with van der Waals surface area (Å²) in [6.45, 7) is 21.7. The molecule has 2 amide bonds. The molecule has 0 radical (unpaired) electrons. The molecule has 3 rings (SSSR count). The molecular weight excluding hydrogens is 731 g/mol. The molecule has 0 saturated carbocycles. The Morgan fingerprint density at radius 3 is 1.56 bits per heavy atom. The third kappa shape index (κ3) is 9.77. The molecule has 2 aromatic rings. The highest BCUT2D eigenvalue weighted by atomic mass is 19.4. The van der Waals surface area contributed by atoms with Crippen molar-refractivity contribution in [1.82, 2.24) is 4.90 Å². The molecule has 0 saturated heterocycles. The number of fused-ring (bicyclic) bond motifs is 1. The first kappa shape index (κ1) is 44.7. The van der Waals surface area contributed by atoms with Crippen LogP contribution in [0.2, 0.25) is 0 Å². The van der Waals surface area contributed by atoms with Crippen LogP contribution >= 0.6 is 0 Å². The fourth-order valence-electron chi connectivity index (χ4n) is 5.82. The minimum Gasteiger partial charge on any atom is -0.444 e. The molecule has 0 N–H and O–H groups in total. The van der Waals surface area contributed by atoms with E-state index in [1.54, 1.807) is 13.8 Å². The van der Waals surface area contributed by atoms with E-state index in [9.17, 15) is 49.1 Å². The van der Waals surface area contributed by atoms with E-state index in [-0.39, 0.29) is 23.7 Å². The standard InChI is InChI=1S/C39H51F9N2O4/c1-32(2,3)35(10,11)29-20-28(26-19-23(37(40,41)42)14-15-27(26)50(29)31(52)54-36(12,13)33(4,5)6)49(30(51)53-34(7,8)9)21-22-16-24(38(43,44)45)18-25(17-22)39(46,47)48/h14-19,28-29H,20-21H2,1-13H3/t28-,29-/m0/s1. The van der Waals surface area contributed by atoms with Crippen molar-refractivity contribution in [2.75, 3.05) is 4.90 Å². The third-order valence-corrected chi connectivity index (χ3v) is 10.8. The molecule has 2 atom stereocenters. The number of carbonyl (C=O) groups is 2. The first-order chi connectivity index (χ1) is 23.9. The van der Waals surface area contributed by atoms with Gasteiger partial charge in [-0.15, -0.1) is 0 Å².